The van der Waals surface area contributed by atoms with Crippen molar-refractivity contribution in [1.82, 2.24) is 4.98 Å². The van der Waals surface area contributed by atoms with Crippen molar-refractivity contribution in [2.45, 2.75) is 27.7 Å². The van der Waals surface area contributed by atoms with Gasteiger partial charge in [-0.15, -0.1) is 0 Å². The van der Waals surface area contributed by atoms with E-state index in [0.29, 0.717) is 35.7 Å². The smallest absolute Gasteiger partial charge is 0.355 e. The van der Waals surface area contributed by atoms with Crippen LogP contribution in [0.15, 0.2) is 30.3 Å². The number of aromatic amines is 1. The van der Waals surface area contributed by atoms with Crippen LogP contribution in [-0.4, -0.2) is 30.0 Å². The minimum atomic E-state index is -0.435. The Bertz CT molecular complexity index is 705. The van der Waals surface area contributed by atoms with E-state index in [2.05, 4.69) is 4.98 Å². The van der Waals surface area contributed by atoms with Crippen LogP contribution in [0.1, 0.15) is 46.0 Å². The van der Waals surface area contributed by atoms with Crippen LogP contribution in [0.4, 0.5) is 5.69 Å². The zero-order valence-electron chi connectivity index (χ0n) is 14.0. The lowest BCUT2D eigenvalue weighted by molar-refractivity contribution is 0.0519. The molecule has 0 saturated carbocycles. The summed E-state index contributed by atoms with van der Waals surface area (Å²) in [6, 6.07) is 9.49. The number of aryl methyl sites for hydroxylation is 1. The molecule has 1 heterocycles. The molecular weight excluding hydrogens is 292 g/mol. The molecule has 0 spiro atoms. The molecule has 0 atom stereocenters. The first-order valence-electron chi connectivity index (χ1n) is 7.74. The quantitative estimate of drug-likeness (QED) is 0.860. The average molecular weight is 314 g/mol. The van der Waals surface area contributed by atoms with Gasteiger partial charge in [-0.05, 0) is 45.4 Å². The van der Waals surface area contributed by atoms with Crippen LogP contribution in [-0.2, 0) is 4.74 Å². The van der Waals surface area contributed by atoms with Crippen molar-refractivity contribution in [2.75, 3.05) is 18.1 Å². The molecule has 0 unspecified atom stereocenters. The lowest BCUT2D eigenvalue weighted by Crippen LogP contribution is -2.31. The van der Waals surface area contributed by atoms with Gasteiger partial charge in [-0.2, -0.15) is 0 Å². The van der Waals surface area contributed by atoms with Gasteiger partial charge in [0.05, 0.1) is 12.2 Å². The minimum Gasteiger partial charge on any atom is -0.461 e. The summed E-state index contributed by atoms with van der Waals surface area (Å²) in [5, 5.41) is 0. The number of ether oxygens (including phenoxy) is 1. The van der Waals surface area contributed by atoms with Crippen molar-refractivity contribution in [2.24, 2.45) is 0 Å². The maximum atomic E-state index is 13.0. The Kier molecular flexibility index (Phi) is 5.21. The van der Waals surface area contributed by atoms with E-state index in [1.165, 1.54) is 0 Å². The number of H-pyrrole nitrogens is 1. The molecule has 1 amide bonds. The van der Waals surface area contributed by atoms with Gasteiger partial charge in [0.2, 0.25) is 0 Å². The SMILES string of the molecule is CCOC(=O)c1[nH]c(C)c(C(=O)N(CC)c2ccccc2)c1C. The fourth-order valence-corrected chi connectivity index (χ4v) is 2.66. The molecule has 122 valence electrons. The first-order chi connectivity index (χ1) is 11.0. The first kappa shape index (κ1) is 16.8. The molecule has 2 aromatic rings. The molecule has 5 heteroatoms. The summed E-state index contributed by atoms with van der Waals surface area (Å²) in [5.41, 5.74) is 3.00. The maximum absolute atomic E-state index is 13.0. The average Bonchev–Trinajstić information content (AvgIpc) is 2.84. The number of para-hydroxylation sites is 1. The Morgan fingerprint density at radius 2 is 1.78 bits per heavy atom. The van der Waals surface area contributed by atoms with Gasteiger partial charge in [0.15, 0.2) is 0 Å². The minimum absolute atomic E-state index is 0.125. The first-order valence-corrected chi connectivity index (χ1v) is 7.74. The van der Waals surface area contributed by atoms with Crippen LogP contribution in [0.5, 0.6) is 0 Å². The third-order valence-electron chi connectivity index (χ3n) is 3.76. The number of anilines is 1. The fourth-order valence-electron chi connectivity index (χ4n) is 2.66. The van der Waals surface area contributed by atoms with E-state index >= 15 is 0 Å². The number of aromatic nitrogens is 1. The zero-order valence-corrected chi connectivity index (χ0v) is 14.0. The second-order valence-corrected chi connectivity index (χ2v) is 5.23. The van der Waals surface area contributed by atoms with Crippen LogP contribution >= 0.6 is 0 Å². The molecule has 23 heavy (non-hydrogen) atoms. The number of carbonyl (C=O) groups excluding carboxylic acids is 2. The molecule has 1 aromatic carbocycles. The normalized spacial score (nSPS) is 10.4. The molecule has 2 rings (SSSR count). The second kappa shape index (κ2) is 7.13. The van der Waals surface area contributed by atoms with Gasteiger partial charge >= 0.3 is 5.97 Å². The summed E-state index contributed by atoms with van der Waals surface area (Å²) in [7, 11) is 0. The summed E-state index contributed by atoms with van der Waals surface area (Å²) < 4.78 is 5.03. The third kappa shape index (κ3) is 3.28. The molecule has 5 nitrogen and oxygen atoms in total. The van der Waals surface area contributed by atoms with E-state index in [1.54, 1.807) is 25.7 Å². The summed E-state index contributed by atoms with van der Waals surface area (Å²) in [5.74, 6) is -0.560. The number of benzene rings is 1. The monoisotopic (exact) mass is 314 g/mol. The molecule has 0 fully saturated rings. The molecule has 0 aliphatic rings. The number of hydrogen-bond donors (Lipinski definition) is 1. The van der Waals surface area contributed by atoms with Crippen LogP contribution in [0.25, 0.3) is 0 Å². The number of rotatable bonds is 5. The highest BCUT2D eigenvalue weighted by Crippen LogP contribution is 2.23. The topological polar surface area (TPSA) is 62.4 Å². The Balaban J connectivity index is 2.41. The Labute approximate surface area is 136 Å². The number of nitrogens with one attached hydrogen (secondary N) is 1. The zero-order chi connectivity index (χ0) is 17.0. The van der Waals surface area contributed by atoms with E-state index in [4.69, 9.17) is 4.74 Å². The number of esters is 1. The van der Waals surface area contributed by atoms with Gasteiger partial charge in [0.25, 0.3) is 5.91 Å². The van der Waals surface area contributed by atoms with Crippen molar-refractivity contribution < 1.29 is 14.3 Å². The van der Waals surface area contributed by atoms with E-state index in [0.717, 1.165) is 5.69 Å². The molecule has 0 bridgehead atoms. The fraction of sp³-hybridized carbons (Fsp3) is 0.333. The summed E-state index contributed by atoms with van der Waals surface area (Å²) >= 11 is 0. The largest absolute Gasteiger partial charge is 0.461 e. The standard InChI is InChI=1S/C18H22N2O3/c1-5-20(14-10-8-7-9-11-14)17(21)15-12(3)16(19-13(15)4)18(22)23-6-2/h7-11,19H,5-6H2,1-4H3. The van der Waals surface area contributed by atoms with Gasteiger partial charge < -0.3 is 14.6 Å². The lowest BCUT2D eigenvalue weighted by atomic mass is 10.1. The van der Waals surface area contributed by atoms with Crippen molar-refractivity contribution in [3.8, 4) is 0 Å². The number of nitrogens with zero attached hydrogens (tertiary/aromatic N) is 1. The molecule has 0 saturated heterocycles. The molecule has 1 aromatic heterocycles. The molecule has 0 radical (unpaired) electrons. The molecule has 0 aliphatic heterocycles. The summed E-state index contributed by atoms with van der Waals surface area (Å²) in [6.07, 6.45) is 0. The number of carbonyl (C=O) groups is 2. The van der Waals surface area contributed by atoms with Crippen LogP contribution < -0.4 is 4.90 Å². The van der Waals surface area contributed by atoms with Crippen LogP contribution in [0, 0.1) is 13.8 Å². The highest BCUT2D eigenvalue weighted by atomic mass is 16.5. The molecule has 1 N–H and O–H groups in total. The van der Waals surface area contributed by atoms with Gasteiger partial charge in [-0.1, -0.05) is 18.2 Å². The van der Waals surface area contributed by atoms with E-state index < -0.39 is 5.97 Å². The van der Waals surface area contributed by atoms with E-state index in [1.807, 2.05) is 37.3 Å². The number of hydrogen-bond acceptors (Lipinski definition) is 3. The van der Waals surface area contributed by atoms with E-state index in [9.17, 15) is 9.59 Å². The van der Waals surface area contributed by atoms with Crippen molar-refractivity contribution in [3.63, 3.8) is 0 Å². The highest BCUT2D eigenvalue weighted by molar-refractivity contribution is 6.09. The van der Waals surface area contributed by atoms with Gasteiger partial charge in [0.1, 0.15) is 5.69 Å². The van der Waals surface area contributed by atoms with Gasteiger partial charge in [0, 0.05) is 17.9 Å². The van der Waals surface area contributed by atoms with Gasteiger partial charge in [-0.3, -0.25) is 4.79 Å². The summed E-state index contributed by atoms with van der Waals surface area (Å²) in [4.78, 5) is 29.6. The Morgan fingerprint density at radius 1 is 1.13 bits per heavy atom. The maximum Gasteiger partial charge on any atom is 0.355 e. The lowest BCUT2D eigenvalue weighted by Gasteiger charge is -2.21. The molecular formula is C18H22N2O3. The highest BCUT2D eigenvalue weighted by Gasteiger charge is 2.26. The van der Waals surface area contributed by atoms with Gasteiger partial charge in [-0.25, -0.2) is 4.79 Å². The van der Waals surface area contributed by atoms with Crippen molar-refractivity contribution >= 4 is 17.6 Å². The van der Waals surface area contributed by atoms with Crippen LogP contribution in [0.3, 0.4) is 0 Å². The van der Waals surface area contributed by atoms with Crippen molar-refractivity contribution in [3.05, 3.63) is 52.8 Å². The van der Waals surface area contributed by atoms with E-state index in [-0.39, 0.29) is 5.91 Å². The second-order valence-electron chi connectivity index (χ2n) is 5.23. The predicted molar refractivity (Wildman–Crippen MR) is 90.0 cm³/mol. The third-order valence-corrected chi connectivity index (χ3v) is 3.76. The summed E-state index contributed by atoms with van der Waals surface area (Å²) in [6.45, 7) is 8.08. The Hall–Kier alpha value is -2.56. The predicted octanol–water partition coefficient (Wildman–Crippen LogP) is 3.47. The van der Waals surface area contributed by atoms with Crippen molar-refractivity contribution in [1.29, 1.82) is 0 Å². The molecule has 0 aliphatic carbocycles. The number of amides is 1. The Morgan fingerprint density at radius 3 is 2.35 bits per heavy atom. The van der Waals surface area contributed by atoms with Crippen LogP contribution in [0.2, 0.25) is 0 Å².